The number of carbonyl (C=O) groups is 1. The Morgan fingerprint density at radius 3 is 2.71 bits per heavy atom. The van der Waals surface area contributed by atoms with Crippen molar-refractivity contribution in [2.24, 2.45) is 4.99 Å². The Kier molecular flexibility index (Phi) is 5.60. The second-order valence-electron chi connectivity index (χ2n) is 7.15. The summed E-state index contributed by atoms with van der Waals surface area (Å²) < 4.78 is 19.6. The van der Waals surface area contributed by atoms with Crippen molar-refractivity contribution in [3.63, 3.8) is 0 Å². The normalized spacial score (nSPS) is 11.7. The first-order chi connectivity index (χ1) is 14.9. The van der Waals surface area contributed by atoms with Crippen LogP contribution in [-0.4, -0.2) is 16.0 Å². The molecule has 4 rings (SSSR count). The van der Waals surface area contributed by atoms with Gasteiger partial charge in [0.1, 0.15) is 11.4 Å². The molecule has 4 aromatic rings. The average Bonchev–Trinajstić information content (AvgIpc) is 2.74. The summed E-state index contributed by atoms with van der Waals surface area (Å²) in [5.74, 6) is -0.891. The summed E-state index contributed by atoms with van der Waals surface area (Å²) in [4.78, 5) is 21.8. The molecule has 0 unspecified atom stereocenters. The fourth-order valence-electron chi connectivity index (χ4n) is 3.24. The number of halogens is 1. The summed E-state index contributed by atoms with van der Waals surface area (Å²) in [5, 5.41) is 13.1. The third-order valence-electron chi connectivity index (χ3n) is 4.78. The van der Waals surface area contributed by atoms with Crippen LogP contribution in [0.3, 0.4) is 0 Å². The molecule has 0 saturated carbocycles. The number of anilines is 1. The van der Waals surface area contributed by atoms with Gasteiger partial charge in [0.15, 0.2) is 5.58 Å². The molecule has 2 aromatic carbocycles. The van der Waals surface area contributed by atoms with E-state index in [-0.39, 0.29) is 17.7 Å². The van der Waals surface area contributed by atoms with Gasteiger partial charge in [0.25, 0.3) is 5.91 Å². The maximum absolute atomic E-state index is 13.7. The molecule has 2 heterocycles. The van der Waals surface area contributed by atoms with Gasteiger partial charge in [-0.25, -0.2) is 9.38 Å². The van der Waals surface area contributed by atoms with Gasteiger partial charge in [-0.15, -0.1) is 0 Å². The fourth-order valence-corrected chi connectivity index (χ4v) is 3.24. The zero-order valence-electron chi connectivity index (χ0n) is 17.0. The van der Waals surface area contributed by atoms with E-state index in [1.807, 2.05) is 25.1 Å². The number of pyridine rings is 1. The van der Waals surface area contributed by atoms with Gasteiger partial charge in [0, 0.05) is 22.8 Å². The highest BCUT2D eigenvalue weighted by atomic mass is 19.1. The van der Waals surface area contributed by atoms with Crippen molar-refractivity contribution in [3.8, 4) is 0 Å². The Morgan fingerprint density at radius 2 is 1.97 bits per heavy atom. The molecule has 0 atom stereocenters. The molecule has 31 heavy (non-hydrogen) atoms. The van der Waals surface area contributed by atoms with Crippen molar-refractivity contribution in [1.29, 1.82) is 0 Å². The van der Waals surface area contributed by atoms with Crippen LogP contribution in [0.5, 0.6) is 0 Å². The van der Waals surface area contributed by atoms with Gasteiger partial charge in [0.05, 0.1) is 18.0 Å². The predicted octanol–water partition coefficient (Wildman–Crippen LogP) is 4.56. The highest BCUT2D eigenvalue weighted by molar-refractivity contribution is 6.05. The van der Waals surface area contributed by atoms with Crippen LogP contribution in [0.25, 0.3) is 11.0 Å². The van der Waals surface area contributed by atoms with Crippen LogP contribution in [0.2, 0.25) is 0 Å². The predicted molar refractivity (Wildman–Crippen MR) is 115 cm³/mol. The van der Waals surface area contributed by atoms with Gasteiger partial charge in [-0.05, 0) is 55.8 Å². The second-order valence-corrected chi connectivity index (χ2v) is 7.15. The van der Waals surface area contributed by atoms with Crippen LogP contribution in [0.4, 0.5) is 15.8 Å². The van der Waals surface area contributed by atoms with Gasteiger partial charge in [-0.1, -0.05) is 18.2 Å². The quantitative estimate of drug-likeness (QED) is 0.510. The lowest BCUT2D eigenvalue weighted by molar-refractivity contribution is 0.102. The lowest BCUT2D eigenvalue weighted by atomic mass is 10.1. The number of carbonyl (C=O) groups excluding carboxylic acids is 1. The summed E-state index contributed by atoms with van der Waals surface area (Å²) in [5.41, 5.74) is 3.58. The molecule has 0 saturated heterocycles. The minimum atomic E-state index is -0.451. The van der Waals surface area contributed by atoms with E-state index in [2.05, 4.69) is 15.3 Å². The Bertz CT molecular complexity index is 1360. The maximum Gasteiger partial charge on any atom is 0.261 e. The first kappa shape index (κ1) is 20.4. The SMILES string of the molecule is Cc1cccc(NC(=O)c2cc3c(CO)cnc(C)c3oc2=Nc2cccc(F)c2)c1. The van der Waals surface area contributed by atoms with Crippen molar-refractivity contribution < 1.29 is 18.7 Å². The van der Waals surface area contributed by atoms with E-state index in [9.17, 15) is 14.3 Å². The number of nitrogens with one attached hydrogen (secondary N) is 1. The number of hydrogen-bond donors (Lipinski definition) is 2. The number of fused-ring (bicyclic) bond motifs is 1. The van der Waals surface area contributed by atoms with Crippen molar-refractivity contribution in [1.82, 2.24) is 4.98 Å². The number of nitrogens with zero attached hydrogens (tertiary/aromatic N) is 2. The number of rotatable bonds is 4. The van der Waals surface area contributed by atoms with Crippen LogP contribution in [-0.2, 0) is 6.61 Å². The third kappa shape index (κ3) is 4.36. The molecule has 7 heteroatoms. The van der Waals surface area contributed by atoms with Crippen LogP contribution < -0.4 is 10.9 Å². The van der Waals surface area contributed by atoms with E-state index in [1.54, 1.807) is 31.3 Å². The summed E-state index contributed by atoms with van der Waals surface area (Å²) in [6.45, 7) is 3.42. The molecule has 0 spiro atoms. The van der Waals surface area contributed by atoms with Gasteiger partial charge in [0.2, 0.25) is 5.55 Å². The zero-order chi connectivity index (χ0) is 22.0. The first-order valence-corrected chi connectivity index (χ1v) is 9.66. The molecule has 156 valence electrons. The smallest absolute Gasteiger partial charge is 0.261 e. The van der Waals surface area contributed by atoms with E-state index in [1.165, 1.54) is 18.2 Å². The molecular weight excluding hydrogens is 397 g/mol. The summed E-state index contributed by atoms with van der Waals surface area (Å²) in [7, 11) is 0. The number of aliphatic hydroxyl groups excluding tert-OH is 1. The molecular formula is C24H20FN3O3. The van der Waals surface area contributed by atoms with Crippen LogP contribution in [0.1, 0.15) is 27.2 Å². The Balaban J connectivity index is 1.93. The standard InChI is InChI=1S/C24H20FN3O3/c1-14-5-3-7-18(9-14)27-23(30)21-11-20-16(13-29)12-26-15(2)22(20)31-24(21)28-19-8-4-6-17(25)10-19/h3-12,29H,13H2,1-2H3,(H,27,30). The molecule has 0 radical (unpaired) electrons. The van der Waals surface area contributed by atoms with E-state index >= 15 is 0 Å². The third-order valence-corrected chi connectivity index (χ3v) is 4.78. The highest BCUT2D eigenvalue weighted by Gasteiger charge is 2.16. The van der Waals surface area contributed by atoms with Crippen LogP contribution in [0.15, 0.2) is 70.2 Å². The molecule has 6 nitrogen and oxygen atoms in total. The number of amides is 1. The number of benzene rings is 2. The average molecular weight is 417 g/mol. The van der Waals surface area contributed by atoms with E-state index in [0.717, 1.165) is 5.56 Å². The van der Waals surface area contributed by atoms with E-state index in [4.69, 9.17) is 4.42 Å². The summed E-state index contributed by atoms with van der Waals surface area (Å²) in [6.07, 6.45) is 1.54. The van der Waals surface area contributed by atoms with Crippen LogP contribution >= 0.6 is 0 Å². The van der Waals surface area contributed by atoms with E-state index in [0.29, 0.717) is 33.6 Å². The topological polar surface area (TPSA) is 87.7 Å². The molecule has 1 amide bonds. The monoisotopic (exact) mass is 417 g/mol. The minimum Gasteiger partial charge on any atom is -0.436 e. The van der Waals surface area contributed by atoms with Crippen molar-refractivity contribution >= 4 is 28.3 Å². The summed E-state index contributed by atoms with van der Waals surface area (Å²) >= 11 is 0. The second kappa shape index (κ2) is 8.49. The lowest BCUT2D eigenvalue weighted by Crippen LogP contribution is -2.22. The molecule has 0 aliphatic rings. The Labute approximate surface area is 177 Å². The largest absolute Gasteiger partial charge is 0.436 e. The van der Waals surface area contributed by atoms with E-state index < -0.39 is 11.7 Å². The molecule has 0 aliphatic carbocycles. The number of aromatic nitrogens is 1. The lowest BCUT2D eigenvalue weighted by Gasteiger charge is -2.10. The van der Waals surface area contributed by atoms with Gasteiger partial charge >= 0.3 is 0 Å². The minimum absolute atomic E-state index is 0.0169. The molecule has 0 fully saturated rings. The highest BCUT2D eigenvalue weighted by Crippen LogP contribution is 2.22. The van der Waals surface area contributed by atoms with Crippen molar-refractivity contribution in [2.45, 2.75) is 20.5 Å². The molecule has 0 bridgehead atoms. The number of aliphatic hydroxyl groups is 1. The van der Waals surface area contributed by atoms with Crippen molar-refractivity contribution in [3.05, 3.63) is 94.5 Å². The Morgan fingerprint density at radius 1 is 1.16 bits per heavy atom. The zero-order valence-corrected chi connectivity index (χ0v) is 17.0. The molecule has 2 aromatic heterocycles. The Hall–Kier alpha value is -3.84. The number of hydrogen-bond acceptors (Lipinski definition) is 5. The maximum atomic E-state index is 13.7. The van der Waals surface area contributed by atoms with Gasteiger partial charge in [-0.3, -0.25) is 9.78 Å². The van der Waals surface area contributed by atoms with Gasteiger partial charge in [-0.2, -0.15) is 0 Å². The molecule has 0 aliphatic heterocycles. The summed E-state index contributed by atoms with van der Waals surface area (Å²) in [6, 6.07) is 14.7. The first-order valence-electron chi connectivity index (χ1n) is 9.66. The fraction of sp³-hybridized carbons (Fsp3) is 0.125. The number of aryl methyl sites for hydroxylation is 2. The van der Waals surface area contributed by atoms with Crippen molar-refractivity contribution in [2.75, 3.05) is 5.32 Å². The van der Waals surface area contributed by atoms with Gasteiger partial charge < -0.3 is 14.8 Å². The van der Waals surface area contributed by atoms with Crippen LogP contribution in [0, 0.1) is 19.7 Å². The molecule has 2 N–H and O–H groups in total.